The van der Waals surface area contributed by atoms with E-state index in [0.717, 1.165) is 49.5 Å². The number of rotatable bonds is 9. The lowest BCUT2D eigenvalue weighted by Gasteiger charge is -2.35. The van der Waals surface area contributed by atoms with Crippen LogP contribution >= 0.6 is 34.0 Å². The zero-order valence-electron chi connectivity index (χ0n) is 38.9. The Morgan fingerprint density at radius 2 is 1.52 bits per heavy atom. The number of hydrogen-bond acceptors (Lipinski definition) is 13. The third-order valence-corrected chi connectivity index (χ3v) is 16.6. The van der Waals surface area contributed by atoms with Crippen LogP contribution in [-0.2, 0) is 44.8 Å². The van der Waals surface area contributed by atoms with Crippen molar-refractivity contribution in [1.29, 1.82) is 0 Å². The van der Waals surface area contributed by atoms with E-state index in [2.05, 4.69) is 36.9 Å². The second-order valence-corrected chi connectivity index (χ2v) is 21.4. The van der Waals surface area contributed by atoms with Crippen LogP contribution in [0.5, 0.6) is 0 Å². The van der Waals surface area contributed by atoms with E-state index in [-0.39, 0.29) is 32.4 Å². The van der Waals surface area contributed by atoms with E-state index in [4.69, 9.17) is 17.2 Å². The van der Waals surface area contributed by atoms with Crippen LogP contribution in [0.1, 0.15) is 82.2 Å². The van der Waals surface area contributed by atoms with Crippen molar-refractivity contribution in [2.24, 2.45) is 23.1 Å². The van der Waals surface area contributed by atoms with Crippen molar-refractivity contribution in [2.45, 2.75) is 119 Å². The molecule has 23 heteroatoms. The highest BCUT2D eigenvalue weighted by Gasteiger charge is 2.48. The number of nitrogens with two attached hydrogens (primary N) is 3. The number of H-pyrrole nitrogens is 1. The fourth-order valence-electron chi connectivity index (χ4n) is 9.62. The molecule has 5 aromatic rings. The van der Waals surface area contributed by atoms with E-state index >= 15 is 9.59 Å². The van der Waals surface area contributed by atoms with Crippen molar-refractivity contribution in [3.63, 3.8) is 0 Å². The fraction of sp³-hybridized carbons (Fsp3) is 0.458. The van der Waals surface area contributed by atoms with Gasteiger partial charge >= 0.3 is 0 Å². The molecule has 71 heavy (non-hydrogen) atoms. The molecular formula is C48H59N12O8S3+. The third kappa shape index (κ3) is 12.5. The molecule has 6 heterocycles. The van der Waals surface area contributed by atoms with Crippen molar-refractivity contribution >= 4 is 91.4 Å². The normalized spacial score (nSPS) is 25.1. The molecule has 3 aliphatic rings. The third-order valence-electron chi connectivity index (χ3n) is 13.4. The zero-order valence-corrected chi connectivity index (χ0v) is 41.4. The topological polar surface area (TPSA) is 311 Å². The maximum Gasteiger partial charge on any atom is 0.258 e. The van der Waals surface area contributed by atoms with Crippen molar-refractivity contribution in [2.75, 3.05) is 13.1 Å². The number of thiophene rings is 3. The van der Waals surface area contributed by atoms with E-state index in [0.29, 0.717) is 31.4 Å². The predicted molar refractivity (Wildman–Crippen MR) is 267 cm³/mol. The Kier molecular flexibility index (Phi) is 16.5. The first-order valence-corrected chi connectivity index (χ1v) is 26.5. The van der Waals surface area contributed by atoms with Gasteiger partial charge in [0, 0.05) is 38.9 Å². The van der Waals surface area contributed by atoms with Crippen LogP contribution < -0.4 is 48.5 Å². The second kappa shape index (κ2) is 23.1. The van der Waals surface area contributed by atoms with Gasteiger partial charge in [-0.3, -0.25) is 38.4 Å². The second-order valence-electron chi connectivity index (χ2n) is 18.4. The molecule has 3 fully saturated rings. The lowest BCUT2D eigenvalue weighted by molar-refractivity contribution is -0.773. The van der Waals surface area contributed by atoms with Gasteiger partial charge in [-0.05, 0) is 84.0 Å². The molecule has 4 aromatic heterocycles. The average Bonchev–Trinajstić information content (AvgIpc) is 4.22. The highest BCUT2D eigenvalue weighted by molar-refractivity contribution is 7.23. The van der Waals surface area contributed by atoms with Crippen LogP contribution in [0.25, 0.3) is 30.4 Å². The minimum atomic E-state index is -1.55. The number of hydrogen-bond donors (Lipinski definition) is 9. The number of aromatic nitrogens is 3. The van der Waals surface area contributed by atoms with Gasteiger partial charge < -0.3 is 48.7 Å². The Morgan fingerprint density at radius 3 is 2.28 bits per heavy atom. The van der Waals surface area contributed by atoms with Gasteiger partial charge in [-0.25, -0.2) is 0 Å². The number of amides is 8. The van der Waals surface area contributed by atoms with Crippen LogP contribution in [0, 0.1) is 5.92 Å². The van der Waals surface area contributed by atoms with E-state index in [9.17, 15) is 28.8 Å². The van der Waals surface area contributed by atoms with Gasteiger partial charge in [-0.15, -0.1) is 34.0 Å². The number of fused-ring (bicyclic) bond motifs is 2. The van der Waals surface area contributed by atoms with Crippen LogP contribution in [0.2, 0.25) is 0 Å². The maximum absolute atomic E-state index is 15.4. The van der Waals surface area contributed by atoms with Gasteiger partial charge in [0.05, 0.1) is 30.3 Å². The van der Waals surface area contributed by atoms with Crippen molar-refractivity contribution < 1.29 is 43.0 Å². The van der Waals surface area contributed by atoms with E-state index in [1.54, 1.807) is 27.4 Å². The number of nitrogens with zero attached hydrogens (tertiary/aromatic N) is 3. The summed E-state index contributed by atoms with van der Waals surface area (Å²) in [6.45, 7) is 0.128. The Labute approximate surface area is 421 Å². The first kappa shape index (κ1) is 50.8. The summed E-state index contributed by atoms with van der Waals surface area (Å²) in [6.07, 6.45) is 5.21. The van der Waals surface area contributed by atoms with Crippen LogP contribution in [0.3, 0.4) is 0 Å². The minimum Gasteiger partial charge on any atom is -0.370 e. The summed E-state index contributed by atoms with van der Waals surface area (Å²) in [6, 6.07) is 7.42. The molecule has 1 saturated carbocycles. The number of carbonyl (C=O) groups is 8. The summed E-state index contributed by atoms with van der Waals surface area (Å²) in [4.78, 5) is 115. The number of benzene rings is 1. The van der Waals surface area contributed by atoms with Gasteiger partial charge in [-0.1, -0.05) is 48.7 Å². The summed E-state index contributed by atoms with van der Waals surface area (Å²) in [7, 11) is 0. The van der Waals surface area contributed by atoms with Crippen molar-refractivity contribution in [1.82, 2.24) is 41.8 Å². The fourth-order valence-corrected chi connectivity index (χ4v) is 12.4. The van der Waals surface area contributed by atoms with Gasteiger partial charge in [-0.2, -0.15) is 4.68 Å². The molecule has 1 aliphatic carbocycles. The largest absolute Gasteiger partial charge is 0.370 e. The molecule has 8 amide bonds. The summed E-state index contributed by atoms with van der Waals surface area (Å²) >= 11 is 4.69. The molecule has 0 radical (unpaired) electrons. The SMILES string of the molecule is NC(=O)C[C@@H]1NC(=O)[C@@H](N)CC(=O)NCCCC[C@@H](C(N)=O)NC(=O)[C@H](Cc2csc3ccccc23)NC(=O)[C@@H]2C[C@H]([n+]3cc(-c4ccc(-c5cccs5)s4)n[nH]3)CN2C(=O)[C@H](C2CCCCC2)NC1=O. The standard InChI is InChI=1S/C48H58N12O8S3/c49-30-21-41(62)52-17-7-6-12-31(43(51)63)53-45(65)32(19-27-25-70-36-13-5-4-11-29(27)36)55-47(67)35-20-28(60-24-34(57-58-60)37-15-16-39(71-37)38-14-8-18-69-38)23-59(35)48(68)42(26-9-2-1-3-10-26)56-46(66)33(22-40(50)61)54-44(30)64/h4-5,8,11,13-16,18,24-26,28,30-33,35,42H,1-3,6-7,9-10,12,17,19-23,49H2,(H9,50,51,52,53,54,55,56,61,62,63,64,65,66,67)/p+1/t28-,30-,31-,32-,33-,35-,42-/m0/s1. The van der Waals surface area contributed by atoms with Gasteiger partial charge in [0.15, 0.2) is 6.20 Å². The predicted octanol–water partition coefficient (Wildman–Crippen LogP) is 1.65. The zero-order chi connectivity index (χ0) is 50.2. The Balaban J connectivity index is 1.16. The van der Waals surface area contributed by atoms with E-state index in [1.807, 2.05) is 65.5 Å². The molecule has 0 unspecified atom stereocenters. The highest BCUT2D eigenvalue weighted by atomic mass is 32.1. The molecule has 20 nitrogen and oxygen atoms in total. The molecule has 12 N–H and O–H groups in total. The molecule has 1 aromatic carbocycles. The Morgan fingerprint density at radius 1 is 0.775 bits per heavy atom. The summed E-state index contributed by atoms with van der Waals surface area (Å²) in [5.74, 6) is -6.34. The lowest BCUT2D eigenvalue weighted by atomic mass is 9.83. The molecular weight excluding hydrogens is 969 g/mol. The van der Waals surface area contributed by atoms with Gasteiger partial charge in [0.2, 0.25) is 47.3 Å². The molecule has 2 aliphatic heterocycles. The minimum absolute atomic E-state index is 0.0126. The monoisotopic (exact) mass is 1030 g/mol. The summed E-state index contributed by atoms with van der Waals surface area (Å²) in [5, 5.41) is 26.2. The lowest BCUT2D eigenvalue weighted by Crippen LogP contribution is -2.61. The maximum atomic E-state index is 15.4. The van der Waals surface area contributed by atoms with E-state index in [1.165, 1.54) is 16.2 Å². The molecule has 7 atom stereocenters. The number of aromatic amines is 1. The Bertz CT molecular complexity index is 2750. The van der Waals surface area contributed by atoms with E-state index < -0.39 is 108 Å². The number of primary amides is 2. The number of nitrogens with one attached hydrogen (secondary N) is 6. The van der Waals surface area contributed by atoms with Crippen LogP contribution in [0.15, 0.2) is 65.5 Å². The molecule has 0 bridgehead atoms. The molecule has 376 valence electrons. The van der Waals surface area contributed by atoms with Gasteiger partial charge in [0.25, 0.3) is 5.69 Å². The highest BCUT2D eigenvalue weighted by Crippen LogP contribution is 2.36. The van der Waals surface area contributed by atoms with Crippen LogP contribution in [0.4, 0.5) is 0 Å². The van der Waals surface area contributed by atoms with Crippen LogP contribution in [-0.4, -0.2) is 112 Å². The number of carbonyl (C=O) groups excluding carboxylic acids is 8. The van der Waals surface area contributed by atoms with Gasteiger partial charge in [0.1, 0.15) is 36.3 Å². The smallest absolute Gasteiger partial charge is 0.258 e. The Hall–Kier alpha value is -6.56. The van der Waals surface area contributed by atoms with Crippen molar-refractivity contribution in [3.05, 3.63) is 71.1 Å². The first-order chi connectivity index (χ1) is 34.2. The molecule has 8 rings (SSSR count). The average molecular weight is 1030 g/mol. The molecule has 2 saturated heterocycles. The summed E-state index contributed by atoms with van der Waals surface area (Å²) in [5.41, 5.74) is 18.9. The van der Waals surface area contributed by atoms with Crippen molar-refractivity contribution in [3.8, 4) is 20.3 Å². The quantitative estimate of drug-likeness (QED) is 0.0962. The first-order valence-electron chi connectivity index (χ1n) is 23.9. The molecule has 0 spiro atoms. The summed E-state index contributed by atoms with van der Waals surface area (Å²) < 4.78 is 2.72.